The highest BCUT2D eigenvalue weighted by molar-refractivity contribution is 5.69. The molecule has 0 saturated carbocycles. The Bertz CT molecular complexity index is 322. The second-order valence-corrected chi connectivity index (χ2v) is 5.94. The van der Waals surface area contributed by atoms with E-state index in [4.69, 9.17) is 4.74 Å². The summed E-state index contributed by atoms with van der Waals surface area (Å²) in [4.78, 5) is 24.9. The number of rotatable bonds is 4. The number of carbonyl (C=O) groups excluding carboxylic acids is 2. The topological polar surface area (TPSA) is 55.8 Å². The summed E-state index contributed by atoms with van der Waals surface area (Å²) in [5.41, 5.74) is -0.462. The molecule has 19 heavy (non-hydrogen) atoms. The number of esters is 1. The van der Waals surface area contributed by atoms with E-state index in [2.05, 4.69) is 4.74 Å². The number of amides is 1. The summed E-state index contributed by atoms with van der Waals surface area (Å²) in [5.74, 6) is -0.193. The van der Waals surface area contributed by atoms with Crippen molar-refractivity contribution in [3.8, 4) is 0 Å². The van der Waals surface area contributed by atoms with Crippen LogP contribution < -0.4 is 0 Å². The third-order valence-corrected chi connectivity index (χ3v) is 3.15. The molecule has 5 nitrogen and oxygen atoms in total. The fourth-order valence-electron chi connectivity index (χ4n) is 2.28. The standard InChI is InChI=1S/C14H25NO4/c1-14(2,3)19-13(17)15-10-6-8-11(15)7-5-9-12(16)18-4/h11H,5-10H2,1-4H3. The Balaban J connectivity index is 2.41. The van der Waals surface area contributed by atoms with Crippen LogP contribution in [0.3, 0.4) is 0 Å². The molecule has 110 valence electrons. The smallest absolute Gasteiger partial charge is 0.410 e. The van der Waals surface area contributed by atoms with Crippen molar-refractivity contribution in [1.29, 1.82) is 0 Å². The van der Waals surface area contributed by atoms with Crippen LogP contribution in [0.25, 0.3) is 0 Å². The van der Waals surface area contributed by atoms with Gasteiger partial charge in [-0.25, -0.2) is 4.79 Å². The van der Waals surface area contributed by atoms with Crippen LogP contribution in [-0.2, 0) is 14.3 Å². The van der Waals surface area contributed by atoms with Gasteiger partial charge in [-0.1, -0.05) is 0 Å². The van der Waals surface area contributed by atoms with Crippen LogP contribution in [0, 0.1) is 0 Å². The van der Waals surface area contributed by atoms with Crippen molar-refractivity contribution in [2.45, 2.75) is 64.5 Å². The molecule has 1 saturated heterocycles. The lowest BCUT2D eigenvalue weighted by molar-refractivity contribution is -0.140. The number of ether oxygens (including phenoxy) is 2. The SMILES string of the molecule is COC(=O)CCCC1CCCN1C(=O)OC(C)(C)C. The molecule has 1 aliphatic rings. The third-order valence-electron chi connectivity index (χ3n) is 3.15. The first-order chi connectivity index (χ1) is 8.83. The van der Waals surface area contributed by atoms with Crippen molar-refractivity contribution >= 4 is 12.1 Å². The Morgan fingerprint density at radius 1 is 1.32 bits per heavy atom. The Hall–Kier alpha value is -1.26. The Morgan fingerprint density at radius 3 is 2.58 bits per heavy atom. The average Bonchev–Trinajstić information content (AvgIpc) is 2.75. The molecule has 0 aliphatic carbocycles. The monoisotopic (exact) mass is 271 g/mol. The molecule has 0 bridgehead atoms. The molecule has 1 aliphatic heterocycles. The van der Waals surface area contributed by atoms with E-state index in [1.54, 1.807) is 4.90 Å². The number of likely N-dealkylation sites (tertiary alicyclic amines) is 1. The van der Waals surface area contributed by atoms with Crippen molar-refractivity contribution in [3.63, 3.8) is 0 Å². The first-order valence-corrected chi connectivity index (χ1v) is 6.90. The molecular weight excluding hydrogens is 246 g/mol. The van der Waals surface area contributed by atoms with Crippen LogP contribution in [0.15, 0.2) is 0 Å². The van der Waals surface area contributed by atoms with E-state index >= 15 is 0 Å². The minimum Gasteiger partial charge on any atom is -0.469 e. The lowest BCUT2D eigenvalue weighted by atomic mass is 10.1. The first-order valence-electron chi connectivity index (χ1n) is 6.90. The molecule has 0 aromatic heterocycles. The van der Waals surface area contributed by atoms with Crippen LogP contribution in [0.2, 0.25) is 0 Å². The van der Waals surface area contributed by atoms with E-state index in [-0.39, 0.29) is 18.1 Å². The molecule has 1 heterocycles. The van der Waals surface area contributed by atoms with Gasteiger partial charge in [0.2, 0.25) is 0 Å². The van der Waals surface area contributed by atoms with E-state index in [0.29, 0.717) is 6.42 Å². The van der Waals surface area contributed by atoms with E-state index in [1.165, 1.54) is 7.11 Å². The van der Waals surface area contributed by atoms with Gasteiger partial charge in [-0.15, -0.1) is 0 Å². The summed E-state index contributed by atoms with van der Waals surface area (Å²) >= 11 is 0. The largest absolute Gasteiger partial charge is 0.469 e. The maximum absolute atomic E-state index is 12.0. The molecule has 1 amide bonds. The van der Waals surface area contributed by atoms with Gasteiger partial charge in [0.05, 0.1) is 7.11 Å². The minimum atomic E-state index is -0.462. The Labute approximate surface area is 115 Å². The molecule has 0 N–H and O–H groups in total. The van der Waals surface area contributed by atoms with Crippen molar-refractivity contribution in [3.05, 3.63) is 0 Å². The maximum Gasteiger partial charge on any atom is 0.410 e. The first kappa shape index (κ1) is 15.8. The van der Waals surface area contributed by atoms with Crippen molar-refractivity contribution in [1.82, 2.24) is 4.90 Å². The summed E-state index contributed by atoms with van der Waals surface area (Å²) in [7, 11) is 1.39. The second-order valence-electron chi connectivity index (χ2n) is 5.94. The molecule has 5 heteroatoms. The molecular formula is C14H25NO4. The van der Waals surface area contributed by atoms with Gasteiger partial charge in [0.1, 0.15) is 5.60 Å². The predicted molar refractivity (Wildman–Crippen MR) is 71.8 cm³/mol. The molecule has 0 spiro atoms. The van der Waals surface area contributed by atoms with Crippen LogP contribution >= 0.6 is 0 Å². The summed E-state index contributed by atoms with van der Waals surface area (Å²) in [6, 6.07) is 0.194. The van der Waals surface area contributed by atoms with Crippen molar-refractivity contribution in [2.75, 3.05) is 13.7 Å². The maximum atomic E-state index is 12.0. The molecule has 1 rings (SSSR count). The highest BCUT2D eigenvalue weighted by Crippen LogP contribution is 2.24. The van der Waals surface area contributed by atoms with Crippen molar-refractivity contribution in [2.24, 2.45) is 0 Å². The summed E-state index contributed by atoms with van der Waals surface area (Å²) in [6.45, 7) is 6.35. The van der Waals surface area contributed by atoms with E-state index in [0.717, 1.165) is 32.2 Å². The number of carbonyl (C=O) groups is 2. The van der Waals surface area contributed by atoms with Gasteiger partial charge in [-0.3, -0.25) is 4.79 Å². The van der Waals surface area contributed by atoms with Crippen LogP contribution in [0.1, 0.15) is 52.9 Å². The fraction of sp³-hybridized carbons (Fsp3) is 0.857. The zero-order valence-corrected chi connectivity index (χ0v) is 12.4. The van der Waals surface area contributed by atoms with Gasteiger partial charge in [0.25, 0.3) is 0 Å². The quantitative estimate of drug-likeness (QED) is 0.738. The number of hydrogen-bond acceptors (Lipinski definition) is 4. The highest BCUT2D eigenvalue weighted by atomic mass is 16.6. The van der Waals surface area contributed by atoms with Gasteiger partial charge in [-0.05, 0) is 46.5 Å². The van der Waals surface area contributed by atoms with Crippen molar-refractivity contribution < 1.29 is 19.1 Å². The zero-order valence-electron chi connectivity index (χ0n) is 12.4. The van der Waals surface area contributed by atoms with Gasteiger partial charge in [-0.2, -0.15) is 0 Å². The predicted octanol–water partition coefficient (Wildman–Crippen LogP) is 2.73. The summed E-state index contributed by atoms with van der Waals surface area (Å²) in [5, 5.41) is 0. The van der Waals surface area contributed by atoms with E-state index < -0.39 is 5.60 Å². The fourth-order valence-corrected chi connectivity index (χ4v) is 2.28. The van der Waals surface area contributed by atoms with Gasteiger partial charge < -0.3 is 14.4 Å². The second kappa shape index (κ2) is 6.78. The Kier molecular flexibility index (Phi) is 5.63. The molecule has 1 fully saturated rings. The lowest BCUT2D eigenvalue weighted by Crippen LogP contribution is -2.39. The zero-order chi connectivity index (χ0) is 14.5. The van der Waals surface area contributed by atoms with Crippen LogP contribution in [0.5, 0.6) is 0 Å². The average molecular weight is 271 g/mol. The van der Waals surface area contributed by atoms with Gasteiger partial charge in [0, 0.05) is 19.0 Å². The third kappa shape index (κ3) is 5.49. The summed E-state index contributed by atoms with van der Waals surface area (Å²) in [6.07, 6.45) is 3.73. The molecule has 1 atom stereocenters. The van der Waals surface area contributed by atoms with Gasteiger partial charge in [0.15, 0.2) is 0 Å². The number of methoxy groups -OCH3 is 1. The molecule has 0 aromatic rings. The minimum absolute atomic E-state index is 0.193. The molecule has 0 radical (unpaired) electrons. The van der Waals surface area contributed by atoms with Crippen LogP contribution in [0.4, 0.5) is 4.79 Å². The number of hydrogen-bond donors (Lipinski definition) is 0. The summed E-state index contributed by atoms with van der Waals surface area (Å²) < 4.78 is 10.0. The number of nitrogens with zero attached hydrogens (tertiary/aromatic N) is 1. The van der Waals surface area contributed by atoms with Gasteiger partial charge >= 0.3 is 12.1 Å². The highest BCUT2D eigenvalue weighted by Gasteiger charge is 2.31. The molecule has 1 unspecified atom stereocenters. The lowest BCUT2D eigenvalue weighted by Gasteiger charge is -2.28. The van der Waals surface area contributed by atoms with E-state index in [9.17, 15) is 9.59 Å². The normalized spacial score (nSPS) is 19.4. The van der Waals surface area contributed by atoms with Crippen LogP contribution in [-0.4, -0.2) is 42.3 Å². The Morgan fingerprint density at radius 2 is 2.00 bits per heavy atom. The van der Waals surface area contributed by atoms with E-state index in [1.807, 2.05) is 20.8 Å². The molecule has 0 aromatic carbocycles.